The average molecular weight is 391 g/mol. The van der Waals surface area contributed by atoms with Gasteiger partial charge in [-0.3, -0.25) is 4.79 Å². The summed E-state index contributed by atoms with van der Waals surface area (Å²) in [5, 5.41) is 4.10. The van der Waals surface area contributed by atoms with Gasteiger partial charge in [-0.15, -0.1) is 11.3 Å². The molecule has 0 bridgehead atoms. The van der Waals surface area contributed by atoms with Crippen molar-refractivity contribution in [1.82, 2.24) is 19.7 Å². The third kappa shape index (κ3) is 3.35. The smallest absolute Gasteiger partial charge is 0.264 e. The van der Waals surface area contributed by atoms with E-state index in [1.54, 1.807) is 15.9 Å². The Balaban J connectivity index is 1.77. The molecule has 7 heteroatoms. The van der Waals surface area contributed by atoms with Crippen LogP contribution in [0, 0.1) is 0 Å². The van der Waals surface area contributed by atoms with Gasteiger partial charge in [-0.2, -0.15) is 5.10 Å². The van der Waals surface area contributed by atoms with E-state index in [9.17, 15) is 4.79 Å². The summed E-state index contributed by atoms with van der Waals surface area (Å²) in [5.41, 5.74) is 2.01. The molecule has 3 aromatic rings. The van der Waals surface area contributed by atoms with Gasteiger partial charge in [0, 0.05) is 7.05 Å². The standard InChI is InChI=1S/C16H15BrN4OS/c1-11(20(2)16(22)14-7-8-15(17)23-14)12-3-5-13(6-4-12)21-10-18-9-19-21/h3-11H,1-2H3/t11-/m0/s1. The molecule has 0 saturated carbocycles. The summed E-state index contributed by atoms with van der Waals surface area (Å²) in [6, 6.07) is 11.7. The Morgan fingerprint density at radius 1 is 1.26 bits per heavy atom. The Hall–Kier alpha value is -1.99. The van der Waals surface area contributed by atoms with Crippen LogP contribution in [0.2, 0.25) is 0 Å². The molecule has 3 rings (SSSR count). The van der Waals surface area contributed by atoms with Gasteiger partial charge in [0.05, 0.1) is 20.4 Å². The molecule has 23 heavy (non-hydrogen) atoms. The van der Waals surface area contributed by atoms with Crippen LogP contribution in [0.5, 0.6) is 0 Å². The van der Waals surface area contributed by atoms with Crippen LogP contribution in [0.25, 0.3) is 5.69 Å². The number of amides is 1. The second-order valence-electron chi connectivity index (χ2n) is 5.13. The minimum Gasteiger partial charge on any atom is -0.334 e. The van der Waals surface area contributed by atoms with Crippen molar-refractivity contribution >= 4 is 33.2 Å². The summed E-state index contributed by atoms with van der Waals surface area (Å²) in [5.74, 6) is 0.0218. The van der Waals surface area contributed by atoms with Gasteiger partial charge in [-0.1, -0.05) is 12.1 Å². The van der Waals surface area contributed by atoms with Gasteiger partial charge in [-0.05, 0) is 52.7 Å². The Kier molecular flexibility index (Phi) is 4.58. The van der Waals surface area contributed by atoms with Gasteiger partial charge in [0.2, 0.25) is 0 Å². The Labute approximate surface area is 146 Å². The quantitative estimate of drug-likeness (QED) is 0.677. The largest absolute Gasteiger partial charge is 0.334 e. The van der Waals surface area contributed by atoms with E-state index in [1.165, 1.54) is 17.7 Å². The van der Waals surface area contributed by atoms with Crippen molar-refractivity contribution in [3.63, 3.8) is 0 Å². The van der Waals surface area contributed by atoms with Gasteiger partial charge in [0.15, 0.2) is 0 Å². The van der Waals surface area contributed by atoms with Crippen LogP contribution in [-0.2, 0) is 0 Å². The predicted octanol–water partition coefficient (Wildman–Crippen LogP) is 3.92. The molecular formula is C16H15BrN4OS. The molecular weight excluding hydrogens is 376 g/mol. The topological polar surface area (TPSA) is 51.0 Å². The zero-order valence-corrected chi connectivity index (χ0v) is 15.1. The summed E-state index contributed by atoms with van der Waals surface area (Å²) < 4.78 is 2.66. The number of aromatic nitrogens is 3. The number of thiophene rings is 1. The van der Waals surface area contributed by atoms with Crippen LogP contribution in [-0.4, -0.2) is 32.6 Å². The number of hydrogen-bond donors (Lipinski definition) is 0. The Morgan fingerprint density at radius 3 is 2.57 bits per heavy atom. The van der Waals surface area contributed by atoms with E-state index < -0.39 is 0 Å². The van der Waals surface area contributed by atoms with Gasteiger partial charge in [0.25, 0.3) is 5.91 Å². The molecule has 0 aliphatic carbocycles. The van der Waals surface area contributed by atoms with E-state index in [-0.39, 0.29) is 11.9 Å². The molecule has 5 nitrogen and oxygen atoms in total. The van der Waals surface area contributed by atoms with Gasteiger partial charge >= 0.3 is 0 Å². The number of hydrogen-bond acceptors (Lipinski definition) is 4. The molecule has 0 fully saturated rings. The van der Waals surface area contributed by atoms with Crippen LogP contribution in [0.3, 0.4) is 0 Å². The molecule has 2 heterocycles. The Morgan fingerprint density at radius 2 is 2.00 bits per heavy atom. The normalized spacial score (nSPS) is 12.1. The highest BCUT2D eigenvalue weighted by atomic mass is 79.9. The summed E-state index contributed by atoms with van der Waals surface area (Å²) in [7, 11) is 1.83. The van der Waals surface area contributed by atoms with Crippen molar-refractivity contribution in [2.24, 2.45) is 0 Å². The van der Waals surface area contributed by atoms with Crippen LogP contribution in [0.15, 0.2) is 52.8 Å². The maximum absolute atomic E-state index is 12.5. The van der Waals surface area contributed by atoms with Crippen molar-refractivity contribution in [2.75, 3.05) is 7.05 Å². The maximum atomic E-state index is 12.5. The monoisotopic (exact) mass is 390 g/mol. The molecule has 2 aromatic heterocycles. The lowest BCUT2D eigenvalue weighted by Crippen LogP contribution is -2.29. The fraction of sp³-hybridized carbons (Fsp3) is 0.188. The number of halogens is 1. The lowest BCUT2D eigenvalue weighted by Gasteiger charge is -2.25. The highest BCUT2D eigenvalue weighted by Crippen LogP contribution is 2.27. The number of carbonyl (C=O) groups excluding carboxylic acids is 1. The van der Waals surface area contributed by atoms with E-state index in [0.717, 1.165) is 19.9 Å². The third-order valence-corrected chi connectivity index (χ3v) is 5.36. The Bertz CT molecular complexity index is 798. The molecule has 0 N–H and O–H groups in total. The van der Waals surface area contributed by atoms with Crippen LogP contribution < -0.4 is 0 Å². The number of rotatable bonds is 4. The van der Waals surface area contributed by atoms with E-state index in [4.69, 9.17) is 0 Å². The second-order valence-corrected chi connectivity index (χ2v) is 7.59. The lowest BCUT2D eigenvalue weighted by molar-refractivity contribution is 0.0747. The molecule has 1 aromatic carbocycles. The third-order valence-electron chi connectivity index (χ3n) is 3.74. The van der Waals surface area contributed by atoms with Crippen LogP contribution in [0.4, 0.5) is 0 Å². The SMILES string of the molecule is C[C@@H](c1ccc(-n2cncn2)cc1)N(C)C(=O)c1ccc(Br)s1. The van der Waals surface area contributed by atoms with Gasteiger partial charge < -0.3 is 4.90 Å². The van der Waals surface area contributed by atoms with Crippen molar-refractivity contribution in [2.45, 2.75) is 13.0 Å². The molecule has 1 atom stereocenters. The second kappa shape index (κ2) is 6.64. The summed E-state index contributed by atoms with van der Waals surface area (Å²) >= 11 is 4.84. The summed E-state index contributed by atoms with van der Waals surface area (Å²) in [4.78, 5) is 18.9. The van der Waals surface area contributed by atoms with E-state index in [1.807, 2.05) is 50.4 Å². The van der Waals surface area contributed by atoms with Crippen molar-refractivity contribution < 1.29 is 4.79 Å². The molecule has 0 aliphatic heterocycles. The molecule has 0 radical (unpaired) electrons. The minimum atomic E-state index is -0.0202. The molecule has 0 saturated heterocycles. The molecule has 118 valence electrons. The first-order chi connectivity index (χ1) is 11.1. The fourth-order valence-corrected chi connectivity index (χ4v) is 3.62. The number of carbonyl (C=O) groups is 1. The first kappa shape index (κ1) is 15.9. The van der Waals surface area contributed by atoms with Crippen molar-refractivity contribution in [3.8, 4) is 5.69 Å². The van der Waals surface area contributed by atoms with E-state index in [0.29, 0.717) is 0 Å². The predicted molar refractivity (Wildman–Crippen MR) is 93.9 cm³/mol. The molecule has 0 unspecified atom stereocenters. The van der Waals surface area contributed by atoms with Crippen molar-refractivity contribution in [1.29, 1.82) is 0 Å². The summed E-state index contributed by atoms with van der Waals surface area (Å²) in [6.45, 7) is 2.02. The zero-order valence-electron chi connectivity index (χ0n) is 12.7. The van der Waals surface area contributed by atoms with Crippen molar-refractivity contribution in [3.05, 3.63) is 63.3 Å². The molecule has 0 aliphatic rings. The average Bonchev–Trinajstić information content (AvgIpc) is 3.24. The van der Waals surface area contributed by atoms with E-state index >= 15 is 0 Å². The maximum Gasteiger partial charge on any atom is 0.264 e. The molecule has 1 amide bonds. The van der Waals surface area contributed by atoms with Crippen LogP contribution >= 0.6 is 27.3 Å². The molecule has 0 spiro atoms. The zero-order chi connectivity index (χ0) is 16.4. The van der Waals surface area contributed by atoms with E-state index in [2.05, 4.69) is 26.0 Å². The summed E-state index contributed by atoms with van der Waals surface area (Å²) in [6.07, 6.45) is 3.16. The highest BCUT2D eigenvalue weighted by molar-refractivity contribution is 9.11. The highest BCUT2D eigenvalue weighted by Gasteiger charge is 2.20. The van der Waals surface area contributed by atoms with Crippen LogP contribution in [0.1, 0.15) is 28.2 Å². The lowest BCUT2D eigenvalue weighted by atomic mass is 10.1. The first-order valence-corrected chi connectivity index (χ1v) is 8.64. The first-order valence-electron chi connectivity index (χ1n) is 7.03. The number of nitrogens with zero attached hydrogens (tertiary/aromatic N) is 4. The minimum absolute atomic E-state index is 0.0202. The van der Waals surface area contributed by atoms with Gasteiger partial charge in [-0.25, -0.2) is 9.67 Å². The number of benzene rings is 1. The van der Waals surface area contributed by atoms with Gasteiger partial charge in [0.1, 0.15) is 12.7 Å². The fourth-order valence-electron chi connectivity index (χ4n) is 2.25.